The molecular weight excluding hydrogens is 216 g/mol. The maximum Gasteiger partial charge on any atom is 0.290 e. The first-order chi connectivity index (χ1) is 6.97. The summed E-state index contributed by atoms with van der Waals surface area (Å²) in [5, 5.41) is 0.720. The van der Waals surface area contributed by atoms with E-state index in [4.69, 9.17) is 0 Å². The highest BCUT2D eigenvalue weighted by Gasteiger charge is 2.35. The van der Waals surface area contributed by atoms with E-state index in [1.165, 1.54) is 11.3 Å². The normalized spacial score (nSPS) is 12.1. The molecule has 0 N–H and O–H groups in total. The van der Waals surface area contributed by atoms with Gasteiger partial charge in [0, 0.05) is 11.3 Å². The first-order valence-corrected chi connectivity index (χ1v) is 6.11. The van der Waals surface area contributed by atoms with E-state index in [0.29, 0.717) is 11.3 Å². The maximum absolute atomic E-state index is 13.7. The van der Waals surface area contributed by atoms with Crippen LogP contribution in [0.2, 0.25) is 0 Å². The van der Waals surface area contributed by atoms with Gasteiger partial charge < -0.3 is 0 Å². The standard InChI is InChI=1S/C11H17F2NS/c1-4-5-6-7-11(12,13)10-8(2)15-9(3)14-10/h4-7H2,1-3H3. The van der Waals surface area contributed by atoms with Crippen molar-refractivity contribution in [3.8, 4) is 0 Å². The molecule has 0 aliphatic heterocycles. The Kier molecular flexibility index (Phi) is 4.20. The second-order valence-electron chi connectivity index (χ2n) is 3.80. The van der Waals surface area contributed by atoms with Crippen molar-refractivity contribution in [2.24, 2.45) is 0 Å². The lowest BCUT2D eigenvalue weighted by Crippen LogP contribution is -2.15. The van der Waals surface area contributed by atoms with Crippen molar-refractivity contribution >= 4 is 11.3 Å². The number of nitrogens with zero attached hydrogens (tertiary/aromatic N) is 1. The fourth-order valence-corrected chi connectivity index (χ4v) is 2.46. The molecule has 0 aromatic carbocycles. The average Bonchev–Trinajstić information content (AvgIpc) is 2.46. The zero-order chi connectivity index (χ0) is 11.5. The minimum Gasteiger partial charge on any atom is -0.240 e. The minimum atomic E-state index is -2.75. The second-order valence-corrected chi connectivity index (χ2v) is 5.21. The van der Waals surface area contributed by atoms with Crippen LogP contribution in [-0.4, -0.2) is 4.98 Å². The van der Waals surface area contributed by atoms with Crippen molar-refractivity contribution in [3.05, 3.63) is 15.6 Å². The van der Waals surface area contributed by atoms with E-state index in [-0.39, 0.29) is 12.1 Å². The van der Waals surface area contributed by atoms with Crippen LogP contribution >= 0.6 is 11.3 Å². The second kappa shape index (κ2) is 5.01. The van der Waals surface area contributed by atoms with Gasteiger partial charge in [-0.1, -0.05) is 19.8 Å². The Balaban J connectivity index is 2.71. The summed E-state index contributed by atoms with van der Waals surface area (Å²) < 4.78 is 27.4. The summed E-state index contributed by atoms with van der Waals surface area (Å²) in [6, 6.07) is 0. The maximum atomic E-state index is 13.7. The number of halogens is 2. The van der Waals surface area contributed by atoms with Crippen LogP contribution < -0.4 is 0 Å². The fraction of sp³-hybridized carbons (Fsp3) is 0.727. The van der Waals surface area contributed by atoms with E-state index in [2.05, 4.69) is 4.98 Å². The van der Waals surface area contributed by atoms with Crippen molar-refractivity contribution in [3.63, 3.8) is 0 Å². The molecule has 0 unspecified atom stereocenters. The smallest absolute Gasteiger partial charge is 0.240 e. The molecule has 15 heavy (non-hydrogen) atoms. The highest BCUT2D eigenvalue weighted by atomic mass is 32.1. The lowest BCUT2D eigenvalue weighted by Gasteiger charge is -2.14. The third kappa shape index (κ3) is 3.23. The number of hydrogen-bond donors (Lipinski definition) is 0. The number of aryl methyl sites for hydroxylation is 2. The Morgan fingerprint density at radius 2 is 1.93 bits per heavy atom. The van der Waals surface area contributed by atoms with Gasteiger partial charge in [-0.3, -0.25) is 0 Å². The molecule has 1 aromatic rings. The lowest BCUT2D eigenvalue weighted by atomic mass is 10.1. The summed E-state index contributed by atoms with van der Waals surface area (Å²) >= 11 is 1.34. The molecule has 1 heterocycles. The van der Waals surface area contributed by atoms with Gasteiger partial charge in [-0.2, -0.15) is 8.78 Å². The van der Waals surface area contributed by atoms with Crippen molar-refractivity contribution in [2.75, 3.05) is 0 Å². The van der Waals surface area contributed by atoms with E-state index >= 15 is 0 Å². The van der Waals surface area contributed by atoms with Crippen molar-refractivity contribution in [1.82, 2.24) is 4.98 Å². The van der Waals surface area contributed by atoms with Crippen molar-refractivity contribution in [2.45, 2.75) is 52.4 Å². The van der Waals surface area contributed by atoms with Crippen LogP contribution in [0.25, 0.3) is 0 Å². The number of hydrogen-bond acceptors (Lipinski definition) is 2. The number of aromatic nitrogens is 1. The Morgan fingerprint density at radius 3 is 2.40 bits per heavy atom. The van der Waals surface area contributed by atoms with E-state index in [1.54, 1.807) is 13.8 Å². The van der Waals surface area contributed by atoms with Crippen LogP contribution in [-0.2, 0) is 5.92 Å². The SMILES string of the molecule is CCCCCC(F)(F)c1nc(C)sc1C. The summed E-state index contributed by atoms with van der Waals surface area (Å²) in [4.78, 5) is 4.58. The molecule has 0 bridgehead atoms. The van der Waals surface area contributed by atoms with Crippen LogP contribution in [0, 0.1) is 13.8 Å². The molecule has 0 aliphatic rings. The largest absolute Gasteiger partial charge is 0.290 e. The van der Waals surface area contributed by atoms with Gasteiger partial charge in [-0.15, -0.1) is 11.3 Å². The molecule has 0 aliphatic carbocycles. The zero-order valence-corrected chi connectivity index (χ0v) is 10.3. The summed E-state index contributed by atoms with van der Waals surface area (Å²) in [6.45, 7) is 5.49. The third-order valence-corrected chi connectivity index (χ3v) is 3.23. The summed E-state index contributed by atoms with van der Waals surface area (Å²) in [6.07, 6.45) is 2.31. The van der Waals surface area contributed by atoms with E-state index in [9.17, 15) is 8.78 Å². The molecule has 0 amide bonds. The first-order valence-electron chi connectivity index (χ1n) is 5.29. The Morgan fingerprint density at radius 1 is 1.27 bits per heavy atom. The number of unbranched alkanes of at least 4 members (excludes halogenated alkanes) is 2. The fourth-order valence-electron chi connectivity index (χ4n) is 1.58. The monoisotopic (exact) mass is 233 g/mol. The quantitative estimate of drug-likeness (QED) is 0.685. The molecule has 0 radical (unpaired) electrons. The average molecular weight is 233 g/mol. The highest BCUT2D eigenvalue weighted by molar-refractivity contribution is 7.11. The Hall–Kier alpha value is -0.510. The number of thiazole rings is 1. The molecule has 1 rings (SSSR count). The van der Waals surface area contributed by atoms with Crippen LogP contribution in [0.1, 0.15) is 48.2 Å². The molecule has 0 saturated heterocycles. The molecule has 0 saturated carbocycles. The summed E-state index contributed by atoms with van der Waals surface area (Å²) in [5.74, 6) is -2.75. The van der Waals surface area contributed by atoms with Gasteiger partial charge in [-0.05, 0) is 20.3 Å². The van der Waals surface area contributed by atoms with E-state index < -0.39 is 5.92 Å². The van der Waals surface area contributed by atoms with Crippen molar-refractivity contribution < 1.29 is 8.78 Å². The molecule has 1 aromatic heterocycles. The summed E-state index contributed by atoms with van der Waals surface area (Å²) in [5.41, 5.74) is -0.0129. The molecular formula is C11H17F2NS. The van der Waals surface area contributed by atoms with Crippen molar-refractivity contribution in [1.29, 1.82) is 0 Å². The van der Waals surface area contributed by atoms with Gasteiger partial charge in [0.15, 0.2) is 0 Å². The topological polar surface area (TPSA) is 12.9 Å². The highest BCUT2D eigenvalue weighted by Crippen LogP contribution is 2.36. The predicted molar refractivity (Wildman–Crippen MR) is 59.6 cm³/mol. The third-order valence-electron chi connectivity index (χ3n) is 2.34. The van der Waals surface area contributed by atoms with Crippen LogP contribution in [0.15, 0.2) is 0 Å². The molecule has 0 spiro atoms. The minimum absolute atomic E-state index is 0.0129. The Bertz CT molecular complexity index is 320. The molecule has 4 heteroatoms. The molecule has 86 valence electrons. The van der Waals surface area contributed by atoms with E-state index in [0.717, 1.165) is 17.8 Å². The van der Waals surface area contributed by atoms with Crippen LogP contribution in [0.5, 0.6) is 0 Å². The number of alkyl halides is 2. The zero-order valence-electron chi connectivity index (χ0n) is 9.44. The predicted octanol–water partition coefficient (Wildman–Crippen LogP) is 4.43. The molecule has 0 fully saturated rings. The van der Waals surface area contributed by atoms with Gasteiger partial charge in [0.1, 0.15) is 5.69 Å². The van der Waals surface area contributed by atoms with E-state index in [1.807, 2.05) is 6.92 Å². The van der Waals surface area contributed by atoms with Crippen LogP contribution in [0.4, 0.5) is 8.78 Å². The van der Waals surface area contributed by atoms with Crippen LogP contribution in [0.3, 0.4) is 0 Å². The summed E-state index contributed by atoms with van der Waals surface area (Å²) in [7, 11) is 0. The first kappa shape index (κ1) is 12.6. The van der Waals surface area contributed by atoms with Gasteiger partial charge in [-0.25, -0.2) is 4.98 Å². The lowest BCUT2D eigenvalue weighted by molar-refractivity contribution is -0.0201. The number of rotatable bonds is 5. The Labute approximate surface area is 93.5 Å². The van der Waals surface area contributed by atoms with Gasteiger partial charge in [0.2, 0.25) is 0 Å². The molecule has 1 nitrogen and oxygen atoms in total. The van der Waals surface area contributed by atoms with Gasteiger partial charge in [0.25, 0.3) is 5.92 Å². The van der Waals surface area contributed by atoms with Gasteiger partial charge >= 0.3 is 0 Å². The van der Waals surface area contributed by atoms with Gasteiger partial charge in [0.05, 0.1) is 5.01 Å². The molecule has 0 atom stereocenters.